The second-order valence-electron chi connectivity index (χ2n) is 4.51. The van der Waals surface area contributed by atoms with Crippen molar-refractivity contribution in [2.24, 2.45) is 5.10 Å². The molecule has 1 aromatic carbocycles. The molecular weight excluding hydrogens is 258 g/mol. The Hall–Kier alpha value is -2.37. The zero-order chi connectivity index (χ0) is 14.4. The molecule has 1 saturated carbocycles. The van der Waals surface area contributed by atoms with E-state index in [0.29, 0.717) is 11.4 Å². The van der Waals surface area contributed by atoms with Gasteiger partial charge in [-0.05, 0) is 49.9 Å². The van der Waals surface area contributed by atoms with E-state index in [1.807, 2.05) is 0 Å². The van der Waals surface area contributed by atoms with Crippen molar-refractivity contribution in [3.05, 3.63) is 24.3 Å². The largest absolute Gasteiger partial charge is 0.497 e. The van der Waals surface area contributed by atoms with Crippen LogP contribution in [0.5, 0.6) is 5.75 Å². The van der Waals surface area contributed by atoms with Gasteiger partial charge in [0.25, 0.3) is 0 Å². The molecule has 2 amide bonds. The van der Waals surface area contributed by atoms with Gasteiger partial charge in [0.2, 0.25) is 0 Å². The number of hydrogen-bond donors (Lipinski definition) is 2. The zero-order valence-corrected chi connectivity index (χ0v) is 11.3. The van der Waals surface area contributed by atoms with Crippen LogP contribution in [-0.2, 0) is 9.59 Å². The first-order valence-corrected chi connectivity index (χ1v) is 6.50. The summed E-state index contributed by atoms with van der Waals surface area (Å²) in [6, 6.07) is 6.72. The van der Waals surface area contributed by atoms with Crippen LogP contribution >= 0.6 is 0 Å². The van der Waals surface area contributed by atoms with E-state index in [9.17, 15) is 9.59 Å². The highest BCUT2D eigenvalue weighted by Crippen LogP contribution is 2.15. The van der Waals surface area contributed by atoms with Crippen molar-refractivity contribution in [1.29, 1.82) is 0 Å². The third-order valence-electron chi connectivity index (χ3n) is 3.05. The van der Waals surface area contributed by atoms with Gasteiger partial charge in [-0.25, -0.2) is 5.43 Å². The Bertz CT molecular complexity index is 515. The maximum absolute atomic E-state index is 11.6. The molecule has 6 nitrogen and oxygen atoms in total. The second kappa shape index (κ2) is 6.70. The number of anilines is 1. The number of nitrogens with zero attached hydrogens (tertiary/aromatic N) is 1. The summed E-state index contributed by atoms with van der Waals surface area (Å²) in [6.07, 6.45) is 3.96. The number of ether oxygens (including phenoxy) is 1. The van der Waals surface area contributed by atoms with Crippen LogP contribution in [0.25, 0.3) is 0 Å². The molecule has 20 heavy (non-hydrogen) atoms. The Morgan fingerprint density at radius 2 is 1.75 bits per heavy atom. The molecule has 0 bridgehead atoms. The van der Waals surface area contributed by atoms with Gasteiger partial charge in [0.05, 0.1) is 7.11 Å². The summed E-state index contributed by atoms with van der Waals surface area (Å²) in [6.45, 7) is 0. The van der Waals surface area contributed by atoms with Crippen LogP contribution in [0.15, 0.2) is 29.4 Å². The molecule has 0 radical (unpaired) electrons. The number of rotatable bonds is 3. The van der Waals surface area contributed by atoms with Crippen molar-refractivity contribution in [1.82, 2.24) is 5.43 Å². The third kappa shape index (κ3) is 3.81. The van der Waals surface area contributed by atoms with Gasteiger partial charge in [-0.2, -0.15) is 5.10 Å². The van der Waals surface area contributed by atoms with Crippen molar-refractivity contribution >= 4 is 23.2 Å². The van der Waals surface area contributed by atoms with Gasteiger partial charge in [-0.3, -0.25) is 9.59 Å². The van der Waals surface area contributed by atoms with Gasteiger partial charge in [0.15, 0.2) is 0 Å². The number of methoxy groups -OCH3 is 1. The Balaban J connectivity index is 1.86. The van der Waals surface area contributed by atoms with Crippen molar-refractivity contribution in [3.8, 4) is 5.75 Å². The monoisotopic (exact) mass is 275 g/mol. The number of amides is 2. The number of carbonyl (C=O) groups is 2. The number of hydrogen-bond acceptors (Lipinski definition) is 4. The van der Waals surface area contributed by atoms with Gasteiger partial charge in [-0.15, -0.1) is 0 Å². The fourth-order valence-electron chi connectivity index (χ4n) is 1.94. The minimum Gasteiger partial charge on any atom is -0.497 e. The van der Waals surface area contributed by atoms with Gasteiger partial charge in [-0.1, -0.05) is 0 Å². The molecular formula is C14H17N3O3. The van der Waals surface area contributed by atoms with E-state index in [2.05, 4.69) is 15.8 Å². The highest BCUT2D eigenvalue weighted by atomic mass is 16.5. The standard InChI is InChI=1S/C14H17N3O3/c1-20-12-8-6-10(7-9-12)15-13(18)14(19)17-16-11-4-2-3-5-11/h6-9H,2-5H2,1H3,(H,15,18)(H,17,19). The van der Waals surface area contributed by atoms with Crippen molar-refractivity contribution in [2.45, 2.75) is 25.7 Å². The average molecular weight is 275 g/mol. The first-order chi connectivity index (χ1) is 9.69. The Kier molecular flexibility index (Phi) is 4.70. The number of benzene rings is 1. The van der Waals surface area contributed by atoms with Gasteiger partial charge in [0.1, 0.15) is 5.75 Å². The molecule has 1 aliphatic carbocycles. The smallest absolute Gasteiger partial charge is 0.329 e. The van der Waals surface area contributed by atoms with E-state index < -0.39 is 11.8 Å². The molecule has 1 aromatic rings. The lowest BCUT2D eigenvalue weighted by Crippen LogP contribution is -2.32. The van der Waals surface area contributed by atoms with Gasteiger partial charge < -0.3 is 10.1 Å². The molecule has 0 unspecified atom stereocenters. The molecule has 2 N–H and O–H groups in total. The molecule has 0 saturated heterocycles. The molecule has 1 fully saturated rings. The molecule has 0 spiro atoms. The minimum atomic E-state index is -0.764. The third-order valence-corrected chi connectivity index (χ3v) is 3.05. The maximum Gasteiger partial charge on any atom is 0.329 e. The first-order valence-electron chi connectivity index (χ1n) is 6.50. The summed E-state index contributed by atoms with van der Waals surface area (Å²) in [7, 11) is 1.56. The SMILES string of the molecule is COc1ccc(NC(=O)C(=O)NN=C2CCCC2)cc1. The summed E-state index contributed by atoms with van der Waals surface area (Å²) in [4.78, 5) is 23.2. The number of carbonyl (C=O) groups excluding carboxylic acids is 2. The Labute approximate surface area is 117 Å². The maximum atomic E-state index is 11.6. The average Bonchev–Trinajstić information content (AvgIpc) is 2.98. The highest BCUT2D eigenvalue weighted by Gasteiger charge is 2.14. The quantitative estimate of drug-likeness (QED) is 0.650. The fourth-order valence-corrected chi connectivity index (χ4v) is 1.94. The molecule has 0 heterocycles. The topological polar surface area (TPSA) is 79.8 Å². The molecule has 106 valence electrons. The molecule has 6 heteroatoms. The summed E-state index contributed by atoms with van der Waals surface area (Å²) in [5.74, 6) is -0.821. The molecule has 2 rings (SSSR count). The predicted octanol–water partition coefficient (Wildman–Crippen LogP) is 1.68. The Morgan fingerprint density at radius 1 is 1.10 bits per heavy atom. The number of nitrogens with one attached hydrogen (secondary N) is 2. The molecule has 1 aliphatic rings. The fraction of sp³-hybridized carbons (Fsp3) is 0.357. The van der Waals surface area contributed by atoms with E-state index in [-0.39, 0.29) is 0 Å². The van der Waals surface area contributed by atoms with Crippen LogP contribution in [0.1, 0.15) is 25.7 Å². The lowest BCUT2D eigenvalue weighted by atomic mass is 10.3. The minimum absolute atomic E-state index is 0.527. The summed E-state index contributed by atoms with van der Waals surface area (Å²) >= 11 is 0. The summed E-state index contributed by atoms with van der Waals surface area (Å²) in [5, 5.41) is 6.44. The van der Waals surface area contributed by atoms with Crippen LogP contribution in [0.2, 0.25) is 0 Å². The van der Waals surface area contributed by atoms with Crippen molar-refractivity contribution in [2.75, 3.05) is 12.4 Å². The molecule has 0 atom stereocenters. The van der Waals surface area contributed by atoms with E-state index in [1.54, 1.807) is 31.4 Å². The lowest BCUT2D eigenvalue weighted by molar-refractivity contribution is -0.136. The van der Waals surface area contributed by atoms with Crippen molar-refractivity contribution in [3.63, 3.8) is 0 Å². The second-order valence-corrected chi connectivity index (χ2v) is 4.51. The molecule has 0 aromatic heterocycles. The lowest BCUT2D eigenvalue weighted by Gasteiger charge is -2.05. The van der Waals surface area contributed by atoms with E-state index >= 15 is 0 Å². The van der Waals surface area contributed by atoms with E-state index in [0.717, 1.165) is 31.4 Å². The van der Waals surface area contributed by atoms with Crippen molar-refractivity contribution < 1.29 is 14.3 Å². The number of hydrazone groups is 1. The first kappa shape index (κ1) is 14.0. The van der Waals surface area contributed by atoms with Crippen LogP contribution < -0.4 is 15.5 Å². The van der Waals surface area contributed by atoms with Crippen LogP contribution in [0, 0.1) is 0 Å². The van der Waals surface area contributed by atoms with Gasteiger partial charge >= 0.3 is 11.8 Å². The highest BCUT2D eigenvalue weighted by molar-refractivity contribution is 6.39. The normalized spacial score (nSPS) is 13.8. The summed E-state index contributed by atoms with van der Waals surface area (Å²) in [5.41, 5.74) is 3.75. The van der Waals surface area contributed by atoms with Crippen LogP contribution in [0.3, 0.4) is 0 Å². The molecule has 0 aliphatic heterocycles. The summed E-state index contributed by atoms with van der Waals surface area (Å²) < 4.78 is 5.01. The van der Waals surface area contributed by atoms with Crippen LogP contribution in [0.4, 0.5) is 5.69 Å². The van der Waals surface area contributed by atoms with Crippen LogP contribution in [-0.4, -0.2) is 24.6 Å². The zero-order valence-electron chi connectivity index (χ0n) is 11.3. The van der Waals surface area contributed by atoms with E-state index in [1.165, 1.54) is 0 Å². The van der Waals surface area contributed by atoms with E-state index in [4.69, 9.17) is 4.74 Å². The Morgan fingerprint density at radius 3 is 2.35 bits per heavy atom. The van der Waals surface area contributed by atoms with Gasteiger partial charge in [0, 0.05) is 11.4 Å². The predicted molar refractivity (Wildman–Crippen MR) is 75.7 cm³/mol.